The molecule has 0 bridgehead atoms. The molecule has 3 rings (SSSR count). The summed E-state index contributed by atoms with van der Waals surface area (Å²) in [5.74, 6) is 1.34. The fourth-order valence-electron chi connectivity index (χ4n) is 2.10. The average Bonchev–Trinajstić information content (AvgIpc) is 2.85. The zero-order valence-corrected chi connectivity index (χ0v) is 11.0. The number of benzene rings is 1. The van der Waals surface area contributed by atoms with Crippen LogP contribution in [0.2, 0.25) is 0 Å². The Balaban J connectivity index is 1.78. The Kier molecular flexibility index (Phi) is 3.64. The monoisotopic (exact) mass is 277 g/mol. The highest BCUT2D eigenvalue weighted by Crippen LogP contribution is 2.28. The first kappa shape index (κ1) is 13.1. The van der Waals surface area contributed by atoms with E-state index in [-0.39, 0.29) is 12.4 Å². The molecule has 5 nitrogen and oxygen atoms in total. The number of halogens is 1. The molecule has 0 aliphatic heterocycles. The van der Waals surface area contributed by atoms with Crippen molar-refractivity contribution in [3.63, 3.8) is 0 Å². The van der Waals surface area contributed by atoms with Crippen LogP contribution in [0.5, 0.6) is 5.75 Å². The number of aromatic nitrogens is 2. The Hall–Kier alpha value is -1.95. The Morgan fingerprint density at radius 3 is 2.85 bits per heavy atom. The molecule has 1 saturated carbocycles. The number of nitrogens with zero attached hydrogens (tertiary/aromatic N) is 2. The lowest BCUT2D eigenvalue weighted by atomic mass is 9.86. The molecule has 0 radical (unpaired) electrons. The Morgan fingerprint density at radius 2 is 2.20 bits per heavy atom. The van der Waals surface area contributed by atoms with Crippen LogP contribution < -0.4 is 10.5 Å². The molecule has 1 aromatic heterocycles. The van der Waals surface area contributed by atoms with Gasteiger partial charge in [0.15, 0.2) is 0 Å². The molecule has 2 aromatic rings. The van der Waals surface area contributed by atoms with Gasteiger partial charge in [0.2, 0.25) is 11.7 Å². The van der Waals surface area contributed by atoms with Crippen molar-refractivity contribution in [1.82, 2.24) is 10.1 Å². The highest BCUT2D eigenvalue weighted by Gasteiger charge is 2.18. The summed E-state index contributed by atoms with van der Waals surface area (Å²) in [5.41, 5.74) is 5.93. The van der Waals surface area contributed by atoms with Crippen LogP contribution in [0.1, 0.15) is 25.2 Å². The average molecular weight is 277 g/mol. The summed E-state index contributed by atoms with van der Waals surface area (Å²) < 4.78 is 24.2. The molecule has 0 unspecified atom stereocenters. The molecular weight excluding hydrogens is 261 g/mol. The summed E-state index contributed by atoms with van der Waals surface area (Å²) in [6.45, 7) is 0.788. The van der Waals surface area contributed by atoms with Gasteiger partial charge in [-0.1, -0.05) is 11.6 Å². The molecule has 2 N–H and O–H groups in total. The minimum atomic E-state index is -0.384. The van der Waals surface area contributed by atoms with Crippen molar-refractivity contribution in [3.05, 3.63) is 29.9 Å². The summed E-state index contributed by atoms with van der Waals surface area (Å²) in [6.07, 6.45) is 3.63. The van der Waals surface area contributed by atoms with Gasteiger partial charge >= 0.3 is 0 Å². The van der Waals surface area contributed by atoms with Crippen molar-refractivity contribution >= 4 is 0 Å². The quantitative estimate of drug-likeness (QED) is 0.909. The summed E-state index contributed by atoms with van der Waals surface area (Å²) in [6, 6.07) is 4.43. The predicted octanol–water partition coefficient (Wildman–Crippen LogP) is 2.51. The fraction of sp³-hybridized carbons (Fsp3) is 0.429. The van der Waals surface area contributed by atoms with Crippen LogP contribution in [0.4, 0.5) is 4.39 Å². The molecule has 1 fully saturated rings. The SMILES string of the molecule is NCc1nc(-c2cc(F)cc(OCC3CCC3)c2)no1. The van der Waals surface area contributed by atoms with Gasteiger partial charge in [-0.25, -0.2) is 4.39 Å². The molecule has 1 aliphatic carbocycles. The van der Waals surface area contributed by atoms with E-state index in [4.69, 9.17) is 15.0 Å². The van der Waals surface area contributed by atoms with Gasteiger partial charge < -0.3 is 15.0 Å². The molecule has 0 amide bonds. The van der Waals surface area contributed by atoms with Gasteiger partial charge in [-0.3, -0.25) is 0 Å². The third-order valence-corrected chi connectivity index (χ3v) is 3.48. The van der Waals surface area contributed by atoms with E-state index in [0.29, 0.717) is 35.6 Å². The molecule has 0 atom stereocenters. The molecule has 0 saturated heterocycles. The lowest BCUT2D eigenvalue weighted by Gasteiger charge is -2.25. The van der Waals surface area contributed by atoms with Crippen molar-refractivity contribution in [2.45, 2.75) is 25.8 Å². The van der Waals surface area contributed by atoms with Crippen LogP contribution in [-0.4, -0.2) is 16.7 Å². The lowest BCUT2D eigenvalue weighted by molar-refractivity contribution is 0.180. The smallest absolute Gasteiger partial charge is 0.240 e. The number of ether oxygens (including phenoxy) is 1. The third-order valence-electron chi connectivity index (χ3n) is 3.48. The second-order valence-electron chi connectivity index (χ2n) is 5.00. The van der Waals surface area contributed by atoms with E-state index in [1.54, 1.807) is 6.07 Å². The van der Waals surface area contributed by atoms with E-state index in [0.717, 1.165) is 0 Å². The summed E-state index contributed by atoms with van der Waals surface area (Å²) in [7, 11) is 0. The first-order chi connectivity index (χ1) is 9.74. The maximum atomic E-state index is 13.6. The number of hydrogen-bond donors (Lipinski definition) is 1. The molecular formula is C14H16FN3O2. The van der Waals surface area contributed by atoms with Crippen LogP contribution in [0.15, 0.2) is 22.7 Å². The zero-order valence-electron chi connectivity index (χ0n) is 11.0. The van der Waals surface area contributed by atoms with Crippen LogP contribution in [-0.2, 0) is 6.54 Å². The van der Waals surface area contributed by atoms with Crippen LogP contribution in [0, 0.1) is 11.7 Å². The van der Waals surface area contributed by atoms with Crippen molar-refractivity contribution in [2.75, 3.05) is 6.61 Å². The highest BCUT2D eigenvalue weighted by atomic mass is 19.1. The Bertz CT molecular complexity index is 596. The summed E-state index contributed by atoms with van der Waals surface area (Å²) >= 11 is 0. The second kappa shape index (κ2) is 5.58. The highest BCUT2D eigenvalue weighted by molar-refractivity contribution is 5.57. The maximum absolute atomic E-state index is 13.6. The van der Waals surface area contributed by atoms with Gasteiger partial charge in [-0.15, -0.1) is 0 Å². The fourth-order valence-corrected chi connectivity index (χ4v) is 2.10. The molecule has 20 heavy (non-hydrogen) atoms. The predicted molar refractivity (Wildman–Crippen MR) is 70.4 cm³/mol. The first-order valence-electron chi connectivity index (χ1n) is 6.71. The van der Waals surface area contributed by atoms with Crippen LogP contribution in [0.25, 0.3) is 11.4 Å². The summed E-state index contributed by atoms with van der Waals surface area (Å²) in [4.78, 5) is 4.08. The molecule has 1 aliphatic rings. The van der Waals surface area contributed by atoms with Gasteiger partial charge in [0.05, 0.1) is 13.2 Å². The van der Waals surface area contributed by atoms with Crippen LogP contribution in [0.3, 0.4) is 0 Å². The van der Waals surface area contributed by atoms with Crippen molar-refractivity contribution in [2.24, 2.45) is 11.7 Å². The number of nitrogens with two attached hydrogens (primary N) is 1. The number of hydrogen-bond acceptors (Lipinski definition) is 5. The molecule has 106 valence electrons. The standard InChI is InChI=1S/C14H16FN3O2/c15-11-4-10(14-17-13(7-16)20-18-14)5-12(6-11)19-8-9-2-1-3-9/h4-6,9H,1-3,7-8,16H2. The van der Waals surface area contributed by atoms with E-state index in [2.05, 4.69) is 10.1 Å². The first-order valence-corrected chi connectivity index (χ1v) is 6.71. The van der Waals surface area contributed by atoms with Gasteiger partial charge in [0.25, 0.3) is 0 Å². The third kappa shape index (κ3) is 2.80. The van der Waals surface area contributed by atoms with E-state index < -0.39 is 0 Å². The maximum Gasteiger partial charge on any atom is 0.240 e. The minimum Gasteiger partial charge on any atom is -0.493 e. The molecule has 0 spiro atoms. The van der Waals surface area contributed by atoms with Gasteiger partial charge in [0, 0.05) is 11.6 Å². The minimum absolute atomic E-state index is 0.160. The van der Waals surface area contributed by atoms with Crippen molar-refractivity contribution in [1.29, 1.82) is 0 Å². The van der Waals surface area contributed by atoms with Crippen molar-refractivity contribution in [3.8, 4) is 17.1 Å². The van der Waals surface area contributed by atoms with Gasteiger partial charge in [0.1, 0.15) is 11.6 Å². The molecule has 1 heterocycles. The van der Waals surface area contributed by atoms with Crippen molar-refractivity contribution < 1.29 is 13.7 Å². The van der Waals surface area contributed by atoms with E-state index in [1.807, 2.05) is 0 Å². The van der Waals surface area contributed by atoms with E-state index >= 15 is 0 Å². The van der Waals surface area contributed by atoms with Gasteiger partial charge in [-0.05, 0) is 30.9 Å². The Morgan fingerprint density at radius 1 is 1.35 bits per heavy atom. The topological polar surface area (TPSA) is 74.2 Å². The Labute approximate surface area is 115 Å². The lowest BCUT2D eigenvalue weighted by Crippen LogP contribution is -2.19. The van der Waals surface area contributed by atoms with E-state index in [1.165, 1.54) is 31.4 Å². The summed E-state index contributed by atoms with van der Waals surface area (Å²) in [5, 5.41) is 3.77. The molecule has 1 aromatic carbocycles. The normalized spacial score (nSPS) is 15.1. The van der Waals surface area contributed by atoms with Gasteiger partial charge in [-0.2, -0.15) is 4.98 Å². The van der Waals surface area contributed by atoms with E-state index in [9.17, 15) is 4.39 Å². The zero-order chi connectivity index (χ0) is 13.9. The number of rotatable bonds is 5. The molecule has 6 heteroatoms. The van der Waals surface area contributed by atoms with Crippen LogP contribution >= 0.6 is 0 Å². The second-order valence-corrected chi connectivity index (χ2v) is 5.00. The largest absolute Gasteiger partial charge is 0.493 e.